The van der Waals surface area contributed by atoms with Gasteiger partial charge in [0.1, 0.15) is 11.4 Å². The van der Waals surface area contributed by atoms with E-state index in [4.69, 9.17) is 14.6 Å². The van der Waals surface area contributed by atoms with Crippen LogP contribution in [0.5, 0.6) is 0 Å². The van der Waals surface area contributed by atoms with E-state index < -0.39 is 29.4 Å². The molecule has 1 aromatic carbocycles. The van der Waals surface area contributed by atoms with Crippen molar-refractivity contribution in [3.8, 4) is 0 Å². The average molecular weight is 530 g/mol. The number of carboxylic acids is 1. The number of benzene rings is 1. The fourth-order valence-corrected chi connectivity index (χ4v) is 4.08. The number of carbonyl (C=O) groups is 2. The second-order valence-corrected chi connectivity index (χ2v) is 9.07. The number of aromatic nitrogens is 1. The first-order chi connectivity index (χ1) is 17.5. The van der Waals surface area contributed by atoms with Crippen LogP contribution in [-0.2, 0) is 9.53 Å². The summed E-state index contributed by atoms with van der Waals surface area (Å²) in [5.41, 5.74) is 0.756. The second kappa shape index (κ2) is 12.4. The summed E-state index contributed by atoms with van der Waals surface area (Å²) in [4.78, 5) is 36.5. The first-order valence-electron chi connectivity index (χ1n) is 12.4. The number of piperazine rings is 1. The number of rotatable bonds is 8. The van der Waals surface area contributed by atoms with Gasteiger partial charge in [0, 0.05) is 43.8 Å². The van der Waals surface area contributed by atoms with Gasteiger partial charge in [-0.05, 0) is 31.4 Å². The predicted molar refractivity (Wildman–Crippen MR) is 130 cm³/mol. The highest BCUT2D eigenvalue weighted by atomic mass is 19.4. The van der Waals surface area contributed by atoms with Crippen molar-refractivity contribution in [3.05, 3.63) is 39.9 Å². The molecule has 1 aliphatic heterocycles. The molecule has 0 radical (unpaired) electrons. The lowest BCUT2D eigenvalue weighted by atomic mass is 10.1. The van der Waals surface area contributed by atoms with Crippen molar-refractivity contribution in [1.29, 1.82) is 0 Å². The molecule has 1 saturated heterocycles. The van der Waals surface area contributed by atoms with Gasteiger partial charge in [-0.1, -0.05) is 26.2 Å². The second-order valence-electron chi connectivity index (χ2n) is 9.07. The first-order valence-corrected chi connectivity index (χ1v) is 12.4. The highest BCUT2D eigenvalue weighted by Gasteiger charge is 2.38. The number of halogens is 4. The van der Waals surface area contributed by atoms with Crippen LogP contribution >= 0.6 is 0 Å². The van der Waals surface area contributed by atoms with E-state index in [0.29, 0.717) is 17.8 Å². The summed E-state index contributed by atoms with van der Waals surface area (Å²) in [6, 6.07) is 3.31. The van der Waals surface area contributed by atoms with Crippen molar-refractivity contribution in [2.45, 2.75) is 57.7 Å². The number of nitrogens with zero attached hydrogens (tertiary/aromatic N) is 2. The van der Waals surface area contributed by atoms with Gasteiger partial charge >= 0.3 is 18.1 Å². The van der Waals surface area contributed by atoms with Crippen LogP contribution in [0.1, 0.15) is 61.8 Å². The molecule has 1 saturated carbocycles. The molecule has 0 unspecified atom stereocenters. The zero-order chi connectivity index (χ0) is 27.2. The molecule has 2 fully saturated rings. The molecule has 204 valence electrons. The minimum Gasteiger partial charge on any atom is -0.475 e. The van der Waals surface area contributed by atoms with E-state index >= 15 is 0 Å². The maximum Gasteiger partial charge on any atom is 0.490 e. The number of alkyl halides is 3. The van der Waals surface area contributed by atoms with Gasteiger partial charge in [0.05, 0.1) is 17.8 Å². The largest absolute Gasteiger partial charge is 0.490 e. The van der Waals surface area contributed by atoms with Gasteiger partial charge in [0.15, 0.2) is 0 Å². The number of pyridine rings is 1. The lowest BCUT2D eigenvalue weighted by Crippen LogP contribution is -2.43. The van der Waals surface area contributed by atoms with E-state index in [0.717, 1.165) is 64.7 Å². The Hall–Kier alpha value is -3.15. The number of esters is 1. The third kappa shape index (κ3) is 7.43. The number of anilines is 1. The summed E-state index contributed by atoms with van der Waals surface area (Å²) in [7, 11) is 0. The van der Waals surface area contributed by atoms with Crippen molar-refractivity contribution in [2.75, 3.05) is 37.7 Å². The summed E-state index contributed by atoms with van der Waals surface area (Å²) in [5.74, 6) is -3.79. The Bertz CT molecular complexity index is 1170. The van der Waals surface area contributed by atoms with Crippen molar-refractivity contribution in [3.63, 3.8) is 0 Å². The Kier molecular flexibility index (Phi) is 9.52. The molecule has 37 heavy (non-hydrogen) atoms. The molecular formula is C25H31F4N3O5. The molecule has 0 atom stereocenters. The Balaban J connectivity index is 0.000000479. The zero-order valence-corrected chi connectivity index (χ0v) is 20.6. The van der Waals surface area contributed by atoms with Crippen LogP contribution in [0, 0.1) is 5.82 Å². The smallest absolute Gasteiger partial charge is 0.475 e. The van der Waals surface area contributed by atoms with Crippen molar-refractivity contribution >= 4 is 28.5 Å². The van der Waals surface area contributed by atoms with Gasteiger partial charge in [-0.2, -0.15) is 13.2 Å². The molecule has 2 aromatic rings. The Morgan fingerprint density at radius 2 is 1.78 bits per heavy atom. The van der Waals surface area contributed by atoms with Gasteiger partial charge in [-0.25, -0.2) is 14.0 Å². The molecule has 2 aliphatic rings. The molecule has 2 N–H and O–H groups in total. The molecule has 8 nitrogen and oxygen atoms in total. The van der Waals surface area contributed by atoms with Gasteiger partial charge < -0.3 is 24.6 Å². The van der Waals surface area contributed by atoms with Crippen LogP contribution in [0.25, 0.3) is 10.9 Å². The van der Waals surface area contributed by atoms with Crippen LogP contribution in [0.4, 0.5) is 23.2 Å². The number of hydrogen-bond donors (Lipinski definition) is 2. The lowest BCUT2D eigenvalue weighted by Gasteiger charge is -2.30. The molecular weight excluding hydrogens is 498 g/mol. The minimum atomic E-state index is -5.08. The Labute approximate surface area is 211 Å². The van der Waals surface area contributed by atoms with Gasteiger partial charge in [-0.15, -0.1) is 0 Å². The number of hydrogen-bond acceptors (Lipinski definition) is 6. The van der Waals surface area contributed by atoms with Crippen molar-refractivity contribution < 1.29 is 37.0 Å². The molecule has 0 bridgehead atoms. The van der Waals surface area contributed by atoms with E-state index in [1.54, 1.807) is 12.3 Å². The van der Waals surface area contributed by atoms with Crippen LogP contribution in [-0.4, -0.2) is 60.6 Å². The van der Waals surface area contributed by atoms with E-state index in [1.165, 1.54) is 6.07 Å². The quantitative estimate of drug-likeness (QED) is 0.300. The predicted octanol–water partition coefficient (Wildman–Crippen LogP) is 4.26. The summed E-state index contributed by atoms with van der Waals surface area (Å²) in [6.07, 6.45) is 2.49. The number of carboxylic acid groups (broad SMARTS) is 1. The molecule has 1 aromatic heterocycles. The number of fused-ring (bicyclic) bond motifs is 1. The third-order valence-corrected chi connectivity index (χ3v) is 6.19. The SMILES string of the molecule is CCCCCCOC(=O)c1cn(C2CC2)c2cc(N3CCNCC3)c(F)cc2c1=O.O=C(O)C(F)(F)F. The van der Waals surface area contributed by atoms with Crippen LogP contribution in [0.15, 0.2) is 23.1 Å². The van der Waals surface area contributed by atoms with E-state index in [2.05, 4.69) is 12.2 Å². The monoisotopic (exact) mass is 529 g/mol. The summed E-state index contributed by atoms with van der Waals surface area (Å²) in [6.45, 7) is 5.47. The zero-order valence-electron chi connectivity index (χ0n) is 20.6. The fourth-order valence-electron chi connectivity index (χ4n) is 4.08. The highest BCUT2D eigenvalue weighted by molar-refractivity contribution is 5.94. The molecule has 12 heteroatoms. The topological polar surface area (TPSA) is 101 Å². The lowest BCUT2D eigenvalue weighted by molar-refractivity contribution is -0.192. The maximum atomic E-state index is 15.0. The number of aliphatic carboxylic acids is 1. The summed E-state index contributed by atoms with van der Waals surface area (Å²) >= 11 is 0. The van der Waals surface area contributed by atoms with Gasteiger partial charge in [-0.3, -0.25) is 4.79 Å². The number of ether oxygens (including phenoxy) is 1. The molecule has 0 amide bonds. The Morgan fingerprint density at radius 3 is 2.35 bits per heavy atom. The summed E-state index contributed by atoms with van der Waals surface area (Å²) < 4.78 is 54.0. The van der Waals surface area contributed by atoms with Crippen molar-refractivity contribution in [1.82, 2.24) is 9.88 Å². The molecule has 0 spiro atoms. The minimum absolute atomic E-state index is 0.000728. The number of carbonyl (C=O) groups excluding carboxylic acids is 1. The first kappa shape index (κ1) is 28.4. The summed E-state index contributed by atoms with van der Waals surface area (Å²) in [5, 5.41) is 10.6. The van der Waals surface area contributed by atoms with Crippen LogP contribution in [0.3, 0.4) is 0 Å². The third-order valence-electron chi connectivity index (χ3n) is 6.19. The Morgan fingerprint density at radius 1 is 1.14 bits per heavy atom. The fraction of sp³-hybridized carbons (Fsp3) is 0.560. The number of nitrogens with one attached hydrogen (secondary N) is 1. The van der Waals surface area contributed by atoms with Gasteiger partial charge in [0.2, 0.25) is 5.43 Å². The molecule has 4 rings (SSSR count). The number of unbranched alkanes of at least 4 members (excludes halogenated alkanes) is 3. The van der Waals surface area contributed by atoms with E-state index in [1.807, 2.05) is 9.47 Å². The van der Waals surface area contributed by atoms with Crippen LogP contribution < -0.4 is 15.6 Å². The van der Waals surface area contributed by atoms with Crippen molar-refractivity contribution in [2.24, 2.45) is 0 Å². The van der Waals surface area contributed by atoms with E-state index in [9.17, 15) is 27.2 Å². The van der Waals surface area contributed by atoms with Gasteiger partial charge in [0.25, 0.3) is 0 Å². The highest BCUT2D eigenvalue weighted by Crippen LogP contribution is 2.38. The average Bonchev–Trinajstić information content (AvgIpc) is 3.70. The molecule has 1 aliphatic carbocycles. The van der Waals surface area contributed by atoms with E-state index in [-0.39, 0.29) is 17.0 Å². The standard InChI is InChI=1S/C23H30FN3O3.C2HF3O2/c1-2-3-4-5-12-30-23(29)18-15-27(16-6-7-16)20-14-21(26-10-8-25-9-11-26)19(24)13-17(20)22(18)28;3-2(4,5)1(6)7/h13-16,25H,2-12H2,1H3;(H,6,7). The molecule has 2 heterocycles. The maximum absolute atomic E-state index is 15.0. The van der Waals surface area contributed by atoms with Crippen LogP contribution in [0.2, 0.25) is 0 Å². The normalized spacial score (nSPS) is 15.8.